The lowest BCUT2D eigenvalue weighted by Gasteiger charge is -2.33. The van der Waals surface area contributed by atoms with Crippen molar-refractivity contribution in [1.82, 2.24) is 5.32 Å². The molecular weight excluding hydrogens is 316 g/mol. The van der Waals surface area contributed by atoms with Crippen molar-refractivity contribution in [3.63, 3.8) is 0 Å². The number of hydrogen-bond acceptors (Lipinski definition) is 4. The van der Waals surface area contributed by atoms with E-state index in [-0.39, 0.29) is 11.7 Å². The fourth-order valence-electron chi connectivity index (χ4n) is 3.10. The van der Waals surface area contributed by atoms with Crippen LogP contribution in [0.25, 0.3) is 0 Å². The third kappa shape index (κ3) is 2.45. The van der Waals surface area contributed by atoms with E-state index in [2.05, 4.69) is 11.4 Å². The van der Waals surface area contributed by atoms with Gasteiger partial charge in [0.25, 0.3) is 0 Å². The molecule has 0 fully saturated rings. The number of ketones is 1. The Hall–Kier alpha value is -1.70. The normalized spacial score (nSPS) is 21.3. The SMILES string of the molecule is CSC1=C(C#N)[C@H](c2ccccc2Cl)C2=C(CCCC2=O)N1. The Balaban J connectivity index is 2.24. The van der Waals surface area contributed by atoms with Gasteiger partial charge < -0.3 is 5.32 Å². The van der Waals surface area contributed by atoms with Gasteiger partial charge in [0.15, 0.2) is 5.78 Å². The average Bonchev–Trinajstić information content (AvgIpc) is 2.54. The van der Waals surface area contributed by atoms with E-state index < -0.39 is 0 Å². The van der Waals surface area contributed by atoms with Crippen molar-refractivity contribution in [1.29, 1.82) is 5.26 Å². The first-order valence-corrected chi connectivity index (χ1v) is 8.73. The Labute approximate surface area is 139 Å². The van der Waals surface area contributed by atoms with Crippen molar-refractivity contribution in [2.45, 2.75) is 25.2 Å². The third-order valence-electron chi connectivity index (χ3n) is 4.08. The van der Waals surface area contributed by atoms with Gasteiger partial charge in [0.05, 0.1) is 22.6 Å². The minimum atomic E-state index is -0.356. The van der Waals surface area contributed by atoms with Gasteiger partial charge in [-0.1, -0.05) is 29.8 Å². The van der Waals surface area contributed by atoms with Crippen LogP contribution in [0.5, 0.6) is 0 Å². The van der Waals surface area contributed by atoms with Crippen LogP contribution >= 0.6 is 23.4 Å². The molecule has 0 saturated heterocycles. The number of halogens is 1. The maximum Gasteiger partial charge on any atom is 0.161 e. The molecule has 1 aromatic rings. The fourth-order valence-corrected chi connectivity index (χ4v) is 3.96. The minimum absolute atomic E-state index is 0.117. The number of rotatable bonds is 2. The van der Waals surface area contributed by atoms with Gasteiger partial charge in [-0.15, -0.1) is 11.8 Å². The highest BCUT2D eigenvalue weighted by molar-refractivity contribution is 8.02. The van der Waals surface area contributed by atoms with Crippen LogP contribution in [0.1, 0.15) is 30.7 Å². The number of benzene rings is 1. The highest BCUT2D eigenvalue weighted by Crippen LogP contribution is 2.45. The van der Waals surface area contributed by atoms with E-state index >= 15 is 0 Å². The summed E-state index contributed by atoms with van der Waals surface area (Å²) in [6, 6.07) is 9.74. The topological polar surface area (TPSA) is 52.9 Å². The zero-order chi connectivity index (χ0) is 15.7. The van der Waals surface area contributed by atoms with Crippen LogP contribution in [0.15, 0.2) is 46.1 Å². The molecule has 1 aliphatic carbocycles. The van der Waals surface area contributed by atoms with E-state index in [0.717, 1.165) is 29.1 Å². The molecule has 0 radical (unpaired) electrons. The average molecular weight is 331 g/mol. The monoisotopic (exact) mass is 330 g/mol. The first-order valence-electron chi connectivity index (χ1n) is 7.13. The van der Waals surface area contributed by atoms with Crippen molar-refractivity contribution in [3.8, 4) is 6.07 Å². The van der Waals surface area contributed by atoms with Crippen LogP contribution in [0.2, 0.25) is 5.02 Å². The molecule has 0 spiro atoms. The molecule has 1 N–H and O–H groups in total. The van der Waals surface area contributed by atoms with Crippen molar-refractivity contribution in [2.24, 2.45) is 0 Å². The smallest absolute Gasteiger partial charge is 0.161 e. The second kappa shape index (κ2) is 6.20. The van der Waals surface area contributed by atoms with Crippen molar-refractivity contribution in [3.05, 3.63) is 56.7 Å². The summed E-state index contributed by atoms with van der Waals surface area (Å²) in [6.07, 6.45) is 4.16. The van der Waals surface area contributed by atoms with Crippen LogP contribution in [0.4, 0.5) is 0 Å². The number of nitrogens with zero attached hydrogens (tertiary/aromatic N) is 1. The second-order valence-corrected chi connectivity index (χ2v) is 6.53. The van der Waals surface area contributed by atoms with Gasteiger partial charge in [0.2, 0.25) is 0 Å². The molecule has 22 heavy (non-hydrogen) atoms. The van der Waals surface area contributed by atoms with E-state index in [1.807, 2.05) is 24.5 Å². The van der Waals surface area contributed by atoms with E-state index in [9.17, 15) is 10.1 Å². The Morgan fingerprint density at radius 3 is 2.82 bits per heavy atom. The van der Waals surface area contributed by atoms with E-state index in [1.165, 1.54) is 11.8 Å². The van der Waals surface area contributed by atoms with E-state index in [1.54, 1.807) is 6.07 Å². The molecule has 1 aromatic carbocycles. The van der Waals surface area contributed by atoms with Crippen molar-refractivity contribution >= 4 is 29.1 Å². The van der Waals surface area contributed by atoms with Crippen LogP contribution < -0.4 is 5.32 Å². The summed E-state index contributed by atoms with van der Waals surface area (Å²) in [5.41, 5.74) is 3.07. The number of Topliss-reactive ketones (excluding diaryl/α,β-unsaturated/α-hetero) is 1. The summed E-state index contributed by atoms with van der Waals surface area (Å²) in [6.45, 7) is 0. The van der Waals surface area contributed by atoms with Crippen LogP contribution in [0.3, 0.4) is 0 Å². The number of nitrogens with one attached hydrogen (secondary N) is 1. The fraction of sp³-hybridized carbons (Fsp3) is 0.294. The molecule has 1 heterocycles. The summed E-state index contributed by atoms with van der Waals surface area (Å²) < 4.78 is 0. The first kappa shape index (κ1) is 15.2. The Morgan fingerprint density at radius 2 is 2.14 bits per heavy atom. The summed E-state index contributed by atoms with van der Waals surface area (Å²) in [5, 5.41) is 14.4. The summed E-state index contributed by atoms with van der Waals surface area (Å²) in [5.74, 6) is -0.239. The standard InChI is InChI=1S/C17H15ClN2OS/c1-22-17-11(9-19)15(10-5-2-3-6-12(10)18)16-13(20-17)7-4-8-14(16)21/h2-3,5-6,15,20H,4,7-8H2,1H3/t15-/m0/s1. The Kier molecular flexibility index (Phi) is 4.28. The van der Waals surface area contributed by atoms with Crippen LogP contribution in [-0.2, 0) is 4.79 Å². The van der Waals surface area contributed by atoms with Crippen LogP contribution in [0, 0.1) is 11.3 Å². The second-order valence-electron chi connectivity index (χ2n) is 5.31. The number of carbonyl (C=O) groups is 1. The first-order chi connectivity index (χ1) is 10.7. The van der Waals surface area contributed by atoms with Gasteiger partial charge >= 0.3 is 0 Å². The van der Waals surface area contributed by atoms with E-state index in [0.29, 0.717) is 22.6 Å². The zero-order valence-corrected chi connectivity index (χ0v) is 13.7. The van der Waals surface area contributed by atoms with Gasteiger partial charge in [-0.2, -0.15) is 5.26 Å². The molecule has 3 rings (SSSR count). The van der Waals surface area contributed by atoms with Gasteiger partial charge in [-0.05, 0) is 30.7 Å². The lowest BCUT2D eigenvalue weighted by atomic mass is 9.77. The molecule has 0 unspecified atom stereocenters. The lowest BCUT2D eigenvalue weighted by Crippen LogP contribution is -2.31. The molecule has 0 saturated carbocycles. The molecule has 3 nitrogen and oxygen atoms in total. The number of allylic oxidation sites excluding steroid dienone is 3. The van der Waals surface area contributed by atoms with Gasteiger partial charge in [0.1, 0.15) is 0 Å². The van der Waals surface area contributed by atoms with Gasteiger partial charge in [-0.25, -0.2) is 0 Å². The molecule has 0 amide bonds. The van der Waals surface area contributed by atoms with Crippen molar-refractivity contribution < 1.29 is 4.79 Å². The maximum atomic E-state index is 12.5. The Morgan fingerprint density at radius 1 is 1.36 bits per heavy atom. The summed E-state index contributed by atoms with van der Waals surface area (Å²) >= 11 is 7.85. The number of dihydropyridines is 1. The molecule has 0 bridgehead atoms. The molecule has 1 atom stereocenters. The quantitative estimate of drug-likeness (QED) is 0.885. The molecule has 2 aliphatic rings. The number of carbonyl (C=O) groups excluding carboxylic acids is 1. The minimum Gasteiger partial charge on any atom is -0.352 e. The van der Waals surface area contributed by atoms with E-state index in [4.69, 9.17) is 11.6 Å². The lowest BCUT2D eigenvalue weighted by molar-refractivity contribution is -0.116. The highest BCUT2D eigenvalue weighted by Gasteiger charge is 2.37. The largest absolute Gasteiger partial charge is 0.352 e. The van der Waals surface area contributed by atoms with Crippen LogP contribution in [-0.4, -0.2) is 12.0 Å². The molecular formula is C17H15ClN2OS. The predicted octanol–water partition coefficient (Wildman–Crippen LogP) is 4.13. The predicted molar refractivity (Wildman–Crippen MR) is 89.4 cm³/mol. The number of hydrogen-bond donors (Lipinski definition) is 1. The highest BCUT2D eigenvalue weighted by atomic mass is 35.5. The molecule has 112 valence electrons. The number of thioether (sulfide) groups is 1. The Bertz CT molecular complexity index is 745. The van der Waals surface area contributed by atoms with Gasteiger partial charge in [0, 0.05) is 22.7 Å². The molecule has 0 aromatic heterocycles. The third-order valence-corrected chi connectivity index (χ3v) is 5.16. The number of nitriles is 1. The zero-order valence-electron chi connectivity index (χ0n) is 12.1. The summed E-state index contributed by atoms with van der Waals surface area (Å²) in [4.78, 5) is 12.5. The molecule has 5 heteroatoms. The maximum absolute atomic E-state index is 12.5. The van der Waals surface area contributed by atoms with Crippen molar-refractivity contribution in [2.75, 3.05) is 6.26 Å². The molecule has 1 aliphatic heterocycles. The summed E-state index contributed by atoms with van der Waals surface area (Å²) in [7, 11) is 0. The van der Waals surface area contributed by atoms with Gasteiger partial charge in [-0.3, -0.25) is 4.79 Å².